The average Bonchev–Trinajstić information content (AvgIpc) is 2.62. The predicted octanol–water partition coefficient (Wildman–Crippen LogP) is 0.348. The number of carbonyl (C=O) groups is 4. The van der Waals surface area contributed by atoms with Gasteiger partial charge in [0.25, 0.3) is 0 Å². The van der Waals surface area contributed by atoms with Gasteiger partial charge < -0.3 is 27.2 Å². The van der Waals surface area contributed by atoms with Crippen LogP contribution < -0.4 is 22.1 Å². The first-order valence-electron chi connectivity index (χ1n) is 9.30. The Hall–Kier alpha value is -2.68. The van der Waals surface area contributed by atoms with Crippen LogP contribution >= 0.6 is 0 Å². The molecule has 1 unspecified atom stereocenters. The number of rotatable bonds is 15. The van der Waals surface area contributed by atoms with E-state index in [-0.39, 0.29) is 25.2 Å². The Morgan fingerprint density at radius 1 is 1.04 bits per heavy atom. The molecule has 2 atom stereocenters. The smallest absolute Gasteiger partial charge is 0.303 e. The zero-order chi connectivity index (χ0) is 21.5. The lowest BCUT2D eigenvalue weighted by molar-refractivity contribution is -0.138. The van der Waals surface area contributed by atoms with Gasteiger partial charge in [0, 0.05) is 12.8 Å². The molecule has 0 radical (unpaired) electrons. The lowest BCUT2D eigenvalue weighted by Crippen LogP contribution is -2.53. The molecule has 0 spiro atoms. The number of carboxylic acids is 1. The highest BCUT2D eigenvalue weighted by atomic mass is 16.4. The fraction of sp³-hybridized carbons (Fsp3) is 0.579. The minimum atomic E-state index is -1.09. The Morgan fingerprint density at radius 3 is 2.25 bits per heavy atom. The van der Waals surface area contributed by atoms with E-state index in [2.05, 4.69) is 17.2 Å². The van der Waals surface area contributed by atoms with Crippen LogP contribution in [-0.4, -0.2) is 47.4 Å². The third-order valence-electron chi connectivity index (χ3n) is 4.05. The van der Waals surface area contributed by atoms with Gasteiger partial charge in [0.05, 0.1) is 0 Å². The lowest BCUT2D eigenvalue weighted by Gasteiger charge is -2.21. The van der Waals surface area contributed by atoms with Crippen LogP contribution in [0.4, 0.5) is 0 Å². The molecule has 7 N–H and O–H groups in total. The molecule has 0 aromatic heterocycles. The summed E-state index contributed by atoms with van der Waals surface area (Å²) >= 11 is 0. The van der Waals surface area contributed by atoms with Crippen LogP contribution in [0.25, 0.3) is 0 Å². The number of hydrogen-bond acceptors (Lipinski definition) is 5. The molecule has 0 aliphatic carbocycles. The van der Waals surface area contributed by atoms with Crippen molar-refractivity contribution in [2.75, 3.05) is 6.54 Å². The normalized spacial score (nSPS) is 13.3. The van der Waals surface area contributed by atoms with E-state index in [0.29, 0.717) is 32.2 Å². The minimum Gasteiger partial charge on any atom is -0.481 e. The van der Waals surface area contributed by atoms with Crippen LogP contribution in [0.3, 0.4) is 0 Å². The third kappa shape index (κ3) is 11.8. The Labute approximate surface area is 165 Å². The van der Waals surface area contributed by atoms with Gasteiger partial charge in [0.2, 0.25) is 17.7 Å². The van der Waals surface area contributed by atoms with E-state index in [4.69, 9.17) is 16.6 Å². The molecule has 0 saturated heterocycles. The molecule has 0 aliphatic heterocycles. The molecule has 0 rings (SSSR count). The summed E-state index contributed by atoms with van der Waals surface area (Å²) < 4.78 is 0. The first-order chi connectivity index (χ1) is 13.2. The van der Waals surface area contributed by atoms with Gasteiger partial charge in [-0.05, 0) is 45.6 Å². The summed E-state index contributed by atoms with van der Waals surface area (Å²) in [6, 6.07) is -1.97. The summed E-state index contributed by atoms with van der Waals surface area (Å²) in [4.78, 5) is 47.1. The fourth-order valence-electron chi connectivity index (χ4n) is 2.45. The van der Waals surface area contributed by atoms with Crippen LogP contribution in [0.2, 0.25) is 0 Å². The van der Waals surface area contributed by atoms with Crippen molar-refractivity contribution in [3.8, 4) is 0 Å². The summed E-state index contributed by atoms with van der Waals surface area (Å²) in [7, 11) is 0. The second-order valence-corrected chi connectivity index (χ2v) is 6.55. The van der Waals surface area contributed by atoms with Crippen molar-refractivity contribution in [2.24, 2.45) is 11.5 Å². The predicted molar refractivity (Wildman–Crippen MR) is 106 cm³/mol. The number of allylic oxidation sites excluding steroid dienone is 3. The third-order valence-corrected chi connectivity index (χ3v) is 4.05. The van der Waals surface area contributed by atoms with E-state index >= 15 is 0 Å². The van der Waals surface area contributed by atoms with Crippen LogP contribution in [0.15, 0.2) is 24.3 Å². The number of amides is 3. The largest absolute Gasteiger partial charge is 0.481 e. The monoisotopic (exact) mass is 396 g/mol. The van der Waals surface area contributed by atoms with E-state index < -0.39 is 29.9 Å². The highest BCUT2D eigenvalue weighted by Crippen LogP contribution is 2.07. The number of nitrogens with two attached hydrogens (primary N) is 2. The van der Waals surface area contributed by atoms with E-state index in [1.165, 1.54) is 0 Å². The molecule has 0 bridgehead atoms. The van der Waals surface area contributed by atoms with Gasteiger partial charge in [0.15, 0.2) is 0 Å². The molecule has 0 aliphatic rings. The van der Waals surface area contributed by atoms with E-state index in [1.54, 1.807) is 12.2 Å². The van der Waals surface area contributed by atoms with Crippen LogP contribution in [0.5, 0.6) is 0 Å². The number of aliphatic carboxylic acids is 1. The summed E-state index contributed by atoms with van der Waals surface area (Å²) in [6.45, 7) is 5.88. The van der Waals surface area contributed by atoms with Crippen molar-refractivity contribution in [2.45, 2.75) is 64.0 Å². The summed E-state index contributed by atoms with van der Waals surface area (Å²) in [5, 5.41) is 13.9. The second-order valence-electron chi connectivity index (χ2n) is 6.55. The van der Waals surface area contributed by atoms with Gasteiger partial charge in [-0.15, -0.1) is 0 Å². The number of carbonyl (C=O) groups excluding carboxylic acids is 3. The Kier molecular flexibility index (Phi) is 13.0. The number of unbranched alkanes of at least 4 members (excludes halogenated alkanes) is 1. The number of hydrogen-bond donors (Lipinski definition) is 5. The van der Waals surface area contributed by atoms with Gasteiger partial charge in [-0.1, -0.05) is 24.3 Å². The fourth-order valence-corrected chi connectivity index (χ4v) is 2.45. The zero-order valence-electron chi connectivity index (χ0n) is 16.4. The van der Waals surface area contributed by atoms with Gasteiger partial charge in [-0.2, -0.15) is 0 Å². The molecule has 9 nitrogen and oxygen atoms in total. The van der Waals surface area contributed by atoms with Crippen molar-refractivity contribution >= 4 is 23.7 Å². The summed E-state index contributed by atoms with van der Waals surface area (Å²) in [5.74, 6) is -2.81. The summed E-state index contributed by atoms with van der Waals surface area (Å²) in [6.07, 6.45) is 5.22. The lowest BCUT2D eigenvalue weighted by atomic mass is 10.1. The topological polar surface area (TPSA) is 165 Å². The van der Waals surface area contributed by atoms with Crippen molar-refractivity contribution in [1.82, 2.24) is 10.6 Å². The van der Waals surface area contributed by atoms with Gasteiger partial charge >= 0.3 is 5.97 Å². The SMILES string of the molecule is C=C/C=C(\C)CCC(=O)NC(CCC(=O)O)C(=O)N[C@@H](CCCCN)C(N)=O. The molecule has 0 fully saturated rings. The molecular formula is C19H32N4O5. The molecule has 0 saturated carbocycles. The number of nitrogens with one attached hydrogen (secondary N) is 2. The highest BCUT2D eigenvalue weighted by Gasteiger charge is 2.25. The van der Waals surface area contributed by atoms with Crippen molar-refractivity contribution in [1.29, 1.82) is 0 Å². The second kappa shape index (κ2) is 14.4. The molecule has 9 heteroatoms. The summed E-state index contributed by atoms with van der Waals surface area (Å²) in [5.41, 5.74) is 11.7. The maximum Gasteiger partial charge on any atom is 0.303 e. The molecule has 28 heavy (non-hydrogen) atoms. The van der Waals surface area contributed by atoms with Gasteiger partial charge in [-0.25, -0.2) is 0 Å². The quantitative estimate of drug-likeness (QED) is 0.198. The van der Waals surface area contributed by atoms with Crippen LogP contribution in [0, 0.1) is 0 Å². The molecule has 0 heterocycles. The van der Waals surface area contributed by atoms with Gasteiger partial charge in [0.1, 0.15) is 12.1 Å². The van der Waals surface area contributed by atoms with Gasteiger partial charge in [-0.3, -0.25) is 19.2 Å². The Morgan fingerprint density at radius 2 is 1.71 bits per heavy atom. The van der Waals surface area contributed by atoms with Crippen molar-refractivity contribution in [3.05, 3.63) is 24.3 Å². The van der Waals surface area contributed by atoms with E-state index in [0.717, 1.165) is 5.57 Å². The Balaban J connectivity index is 4.94. The van der Waals surface area contributed by atoms with Crippen molar-refractivity contribution in [3.63, 3.8) is 0 Å². The highest BCUT2D eigenvalue weighted by molar-refractivity contribution is 5.91. The Bertz CT molecular complexity index is 589. The van der Waals surface area contributed by atoms with E-state index in [1.807, 2.05) is 6.92 Å². The maximum absolute atomic E-state index is 12.5. The first kappa shape index (κ1) is 25.3. The maximum atomic E-state index is 12.5. The molecular weight excluding hydrogens is 364 g/mol. The standard InChI is InChI=1S/C19H32N4O5/c1-3-6-13(2)8-10-16(24)22-15(9-11-17(25)26)19(28)23-14(18(21)27)7-4-5-12-20/h3,6,14-15H,1,4-5,7-12,20H2,2H3,(H2,21,27)(H,22,24)(H,23,28)(H,25,26)/b13-6+/t14-,15?/m0/s1. The average molecular weight is 396 g/mol. The molecule has 3 amide bonds. The van der Waals surface area contributed by atoms with Crippen molar-refractivity contribution < 1.29 is 24.3 Å². The minimum absolute atomic E-state index is 0.0946. The number of carboxylic acid groups (broad SMARTS) is 1. The molecule has 0 aromatic rings. The van der Waals surface area contributed by atoms with Crippen LogP contribution in [0.1, 0.15) is 51.9 Å². The molecule has 158 valence electrons. The van der Waals surface area contributed by atoms with Crippen LogP contribution in [-0.2, 0) is 19.2 Å². The van der Waals surface area contributed by atoms with E-state index in [9.17, 15) is 19.2 Å². The zero-order valence-corrected chi connectivity index (χ0v) is 16.4. The number of primary amides is 1. The first-order valence-corrected chi connectivity index (χ1v) is 9.30. The molecule has 0 aromatic carbocycles.